The van der Waals surface area contributed by atoms with E-state index in [9.17, 15) is 19.5 Å². The zero-order chi connectivity index (χ0) is 25.4. The summed E-state index contributed by atoms with van der Waals surface area (Å²) in [5.74, 6) is -0.785. The number of aliphatic hydroxyl groups is 1. The van der Waals surface area contributed by atoms with Crippen LogP contribution in [0.25, 0.3) is 0 Å². The van der Waals surface area contributed by atoms with Gasteiger partial charge < -0.3 is 20.5 Å². The summed E-state index contributed by atoms with van der Waals surface area (Å²) in [6.07, 6.45) is 1.34. The number of nitrogens with one attached hydrogen (secondary N) is 2. The van der Waals surface area contributed by atoms with Crippen LogP contribution in [0.2, 0.25) is 0 Å². The first-order valence-corrected chi connectivity index (χ1v) is 12.3. The Kier molecular flexibility index (Phi) is 9.43. The van der Waals surface area contributed by atoms with Gasteiger partial charge >= 0.3 is 0 Å². The second kappa shape index (κ2) is 12.5. The third-order valence-electron chi connectivity index (χ3n) is 6.20. The molecule has 0 heterocycles. The third kappa shape index (κ3) is 8.21. The lowest BCUT2D eigenvalue weighted by Crippen LogP contribution is -2.46. The molecule has 0 saturated heterocycles. The van der Waals surface area contributed by atoms with Crippen LogP contribution in [0, 0.1) is 11.8 Å². The maximum Gasteiger partial charge on any atom is 0.251 e. The average Bonchev–Trinajstić information content (AvgIpc) is 3.67. The zero-order valence-electron chi connectivity index (χ0n) is 20.7. The van der Waals surface area contributed by atoms with E-state index in [2.05, 4.69) is 10.6 Å². The molecule has 2 aromatic carbocycles. The Balaban J connectivity index is 1.74. The van der Waals surface area contributed by atoms with Crippen LogP contribution in [0.4, 0.5) is 0 Å². The van der Waals surface area contributed by atoms with Gasteiger partial charge in [-0.1, -0.05) is 44.2 Å². The molecule has 7 nitrogen and oxygen atoms in total. The number of hydrogen-bond donors (Lipinski definition) is 3. The summed E-state index contributed by atoms with van der Waals surface area (Å²) in [6, 6.07) is 15.6. The summed E-state index contributed by atoms with van der Waals surface area (Å²) in [7, 11) is 1.55. The van der Waals surface area contributed by atoms with Crippen molar-refractivity contribution in [3.8, 4) is 5.75 Å². The minimum absolute atomic E-state index is 0.0194. The number of ether oxygens (including phenoxy) is 1. The highest BCUT2D eigenvalue weighted by Crippen LogP contribution is 2.23. The van der Waals surface area contributed by atoms with Gasteiger partial charge in [0, 0.05) is 23.9 Å². The van der Waals surface area contributed by atoms with Crippen molar-refractivity contribution in [2.24, 2.45) is 11.8 Å². The molecular weight excluding hydrogens is 444 g/mol. The third-order valence-corrected chi connectivity index (χ3v) is 6.20. The minimum atomic E-state index is -1.31. The van der Waals surface area contributed by atoms with Gasteiger partial charge in [0.15, 0.2) is 5.78 Å². The molecule has 1 fully saturated rings. The van der Waals surface area contributed by atoms with E-state index in [4.69, 9.17) is 4.74 Å². The van der Waals surface area contributed by atoms with Gasteiger partial charge in [-0.05, 0) is 61.4 Å². The summed E-state index contributed by atoms with van der Waals surface area (Å²) in [5, 5.41) is 16.6. The number of ketones is 1. The number of methoxy groups -OCH3 is 1. The predicted octanol–water partition coefficient (Wildman–Crippen LogP) is 3.30. The van der Waals surface area contributed by atoms with E-state index in [1.165, 1.54) is 0 Å². The fourth-order valence-electron chi connectivity index (χ4n) is 4.07. The van der Waals surface area contributed by atoms with Crippen LogP contribution in [-0.2, 0) is 16.0 Å². The van der Waals surface area contributed by atoms with Crippen LogP contribution in [0.1, 0.15) is 55.5 Å². The fraction of sp³-hybridized carbons (Fsp3) is 0.464. The van der Waals surface area contributed by atoms with Crippen molar-refractivity contribution < 1.29 is 24.2 Å². The van der Waals surface area contributed by atoms with Crippen molar-refractivity contribution in [1.82, 2.24) is 10.6 Å². The Bertz CT molecular complexity index is 986. The van der Waals surface area contributed by atoms with E-state index in [-0.39, 0.29) is 30.1 Å². The quantitative estimate of drug-likeness (QED) is 0.408. The number of hydrogen-bond acceptors (Lipinski definition) is 5. The average molecular weight is 481 g/mol. The first-order valence-electron chi connectivity index (χ1n) is 12.3. The van der Waals surface area contributed by atoms with Crippen molar-refractivity contribution in [2.75, 3.05) is 7.11 Å². The van der Waals surface area contributed by atoms with E-state index in [0.29, 0.717) is 24.2 Å². The SMILES string of the molecule is COc1ccc(C(=O)N[C@@H](CC(C)C)C(=O)C[C@@H](Cc2ccccc2)C(O)C(=O)NC2CC2)cc1. The molecule has 0 bridgehead atoms. The smallest absolute Gasteiger partial charge is 0.251 e. The second-order valence-electron chi connectivity index (χ2n) is 9.73. The molecule has 35 heavy (non-hydrogen) atoms. The highest BCUT2D eigenvalue weighted by Gasteiger charge is 2.34. The van der Waals surface area contributed by atoms with Gasteiger partial charge in [-0.3, -0.25) is 14.4 Å². The van der Waals surface area contributed by atoms with Crippen molar-refractivity contribution in [2.45, 2.75) is 64.1 Å². The van der Waals surface area contributed by atoms with Crippen LogP contribution in [0.3, 0.4) is 0 Å². The lowest BCUT2D eigenvalue weighted by molar-refractivity contribution is -0.133. The number of amides is 2. The lowest BCUT2D eigenvalue weighted by atomic mass is 9.86. The molecule has 2 amide bonds. The van der Waals surface area contributed by atoms with Gasteiger partial charge in [-0.25, -0.2) is 0 Å². The number of carbonyl (C=O) groups excluding carboxylic acids is 3. The van der Waals surface area contributed by atoms with Gasteiger partial charge in [0.05, 0.1) is 13.2 Å². The van der Waals surface area contributed by atoms with Crippen molar-refractivity contribution >= 4 is 17.6 Å². The Labute approximate surface area is 207 Å². The predicted molar refractivity (Wildman–Crippen MR) is 134 cm³/mol. The Morgan fingerprint density at radius 3 is 2.26 bits per heavy atom. The Morgan fingerprint density at radius 1 is 1.03 bits per heavy atom. The maximum absolute atomic E-state index is 13.4. The molecule has 3 N–H and O–H groups in total. The van der Waals surface area contributed by atoms with Crippen LogP contribution in [-0.4, -0.2) is 48.0 Å². The van der Waals surface area contributed by atoms with E-state index < -0.39 is 24.0 Å². The summed E-state index contributed by atoms with van der Waals surface area (Å²) >= 11 is 0. The van der Waals surface area contributed by atoms with Crippen molar-refractivity contribution in [1.29, 1.82) is 0 Å². The van der Waals surface area contributed by atoms with Crippen molar-refractivity contribution in [3.05, 3.63) is 65.7 Å². The molecule has 1 saturated carbocycles. The van der Waals surface area contributed by atoms with Crippen LogP contribution in [0.15, 0.2) is 54.6 Å². The Hall–Kier alpha value is -3.19. The summed E-state index contributed by atoms with van der Waals surface area (Å²) < 4.78 is 5.14. The molecule has 0 radical (unpaired) electrons. The molecule has 1 aliphatic rings. The standard InChI is InChI=1S/C28H36N2O5/c1-18(2)15-24(30-27(33)20-9-13-23(35-3)14-10-20)25(31)17-21(16-19-7-5-4-6-8-19)26(32)28(34)29-22-11-12-22/h4-10,13-14,18,21-22,24,26,32H,11-12,15-17H2,1-3H3,(H,29,34)(H,30,33)/t21-,24+,26?/m1/s1. The molecular formula is C28H36N2O5. The number of benzene rings is 2. The highest BCUT2D eigenvalue weighted by atomic mass is 16.5. The fourth-order valence-corrected chi connectivity index (χ4v) is 4.07. The maximum atomic E-state index is 13.4. The summed E-state index contributed by atoms with van der Waals surface area (Å²) in [5.41, 5.74) is 1.36. The molecule has 0 spiro atoms. The second-order valence-corrected chi connectivity index (χ2v) is 9.73. The van der Waals surface area contributed by atoms with Crippen LogP contribution in [0.5, 0.6) is 5.75 Å². The van der Waals surface area contributed by atoms with Gasteiger partial charge in [0.25, 0.3) is 5.91 Å². The molecule has 3 atom stereocenters. The highest BCUT2D eigenvalue weighted by molar-refractivity contribution is 5.98. The molecule has 0 aromatic heterocycles. The topological polar surface area (TPSA) is 105 Å². The summed E-state index contributed by atoms with van der Waals surface area (Å²) in [4.78, 5) is 38.9. The van der Waals surface area contributed by atoms with E-state index >= 15 is 0 Å². The van der Waals surface area contributed by atoms with Crippen LogP contribution < -0.4 is 15.4 Å². The Morgan fingerprint density at radius 2 is 1.69 bits per heavy atom. The number of carbonyl (C=O) groups is 3. The molecule has 2 aromatic rings. The van der Waals surface area contributed by atoms with E-state index in [0.717, 1.165) is 18.4 Å². The lowest BCUT2D eigenvalue weighted by Gasteiger charge is -2.25. The monoisotopic (exact) mass is 480 g/mol. The largest absolute Gasteiger partial charge is 0.497 e. The minimum Gasteiger partial charge on any atom is -0.497 e. The molecule has 1 aliphatic carbocycles. The first kappa shape index (κ1) is 26.4. The van der Waals surface area contributed by atoms with Gasteiger partial charge in [-0.2, -0.15) is 0 Å². The van der Waals surface area contributed by atoms with E-state index in [1.807, 2.05) is 44.2 Å². The molecule has 3 rings (SSSR count). The first-order chi connectivity index (χ1) is 16.8. The van der Waals surface area contributed by atoms with Crippen molar-refractivity contribution in [3.63, 3.8) is 0 Å². The van der Waals surface area contributed by atoms with Gasteiger partial charge in [0.1, 0.15) is 11.9 Å². The number of rotatable bonds is 13. The molecule has 188 valence electrons. The molecule has 1 unspecified atom stereocenters. The summed E-state index contributed by atoms with van der Waals surface area (Å²) in [6.45, 7) is 3.97. The van der Waals surface area contributed by atoms with Gasteiger partial charge in [0.2, 0.25) is 5.91 Å². The van der Waals surface area contributed by atoms with Crippen LogP contribution >= 0.6 is 0 Å². The van der Waals surface area contributed by atoms with Gasteiger partial charge in [-0.15, -0.1) is 0 Å². The molecule has 0 aliphatic heterocycles. The molecule has 7 heteroatoms. The number of aliphatic hydroxyl groups excluding tert-OH is 1. The zero-order valence-corrected chi connectivity index (χ0v) is 20.7. The van der Waals surface area contributed by atoms with E-state index in [1.54, 1.807) is 31.4 Å². The number of Topliss-reactive ketones (excluding diaryl/α,β-unsaturated/α-hetero) is 1. The normalized spacial score (nSPS) is 15.7.